The molecule has 0 bridgehead atoms. The summed E-state index contributed by atoms with van der Waals surface area (Å²) < 4.78 is 5.34. The molecule has 2 aliphatic rings. The van der Waals surface area contributed by atoms with E-state index in [0.29, 0.717) is 13.1 Å². The van der Waals surface area contributed by atoms with E-state index in [1.54, 1.807) is 16.2 Å². The van der Waals surface area contributed by atoms with Crippen molar-refractivity contribution in [2.75, 3.05) is 13.2 Å². The molecule has 1 aromatic rings. The number of fused-ring (bicyclic) bond motifs is 1. The topological polar surface area (TPSA) is 46.6 Å². The van der Waals surface area contributed by atoms with Crippen LogP contribution < -0.4 is 0 Å². The minimum Gasteiger partial charge on any atom is -0.455 e. The first-order valence-electron chi connectivity index (χ1n) is 8.45. The summed E-state index contributed by atoms with van der Waals surface area (Å²) in [6.45, 7) is 9.42. The Bertz CT molecular complexity index is 685. The molecule has 1 aliphatic carbocycles. The second kappa shape index (κ2) is 6.36. The van der Waals surface area contributed by atoms with Gasteiger partial charge in [0.25, 0.3) is 5.91 Å². The highest BCUT2D eigenvalue weighted by Crippen LogP contribution is 2.59. The number of allylic oxidation sites excluding steroid dienone is 2. The fourth-order valence-electron chi connectivity index (χ4n) is 3.57. The van der Waals surface area contributed by atoms with Gasteiger partial charge in [0.1, 0.15) is 0 Å². The number of esters is 1. The summed E-state index contributed by atoms with van der Waals surface area (Å²) in [5, 5.41) is 2.07. The number of rotatable bonds is 4. The molecule has 1 fully saturated rings. The first kappa shape index (κ1) is 17.2. The van der Waals surface area contributed by atoms with Crippen LogP contribution in [-0.4, -0.2) is 29.9 Å². The van der Waals surface area contributed by atoms with Crippen LogP contribution in [0.3, 0.4) is 0 Å². The molecular weight excluding hydrogens is 322 g/mol. The van der Waals surface area contributed by atoms with Crippen LogP contribution in [0, 0.1) is 17.3 Å². The van der Waals surface area contributed by atoms with Crippen LogP contribution in [0.1, 0.15) is 38.1 Å². The standard InChI is InChI=1S/C19H25NO3S/c1-12(2)9-14-17(19(14,3)4)18(22)23-11-16(21)20-7-5-15-13(10-20)6-8-24-15/h6,8-9,14,17H,5,7,10-11H2,1-4H3/t14-,17-/m1/s1. The molecule has 1 saturated carbocycles. The van der Waals surface area contributed by atoms with Gasteiger partial charge in [-0.3, -0.25) is 9.59 Å². The molecule has 2 atom stereocenters. The maximum absolute atomic E-state index is 12.3. The van der Waals surface area contributed by atoms with Crippen molar-refractivity contribution in [3.8, 4) is 0 Å². The summed E-state index contributed by atoms with van der Waals surface area (Å²) in [5.74, 6) is -0.264. The SMILES string of the molecule is CC(C)=C[C@@H]1[C@H](C(=O)OCC(=O)N2CCc3sccc3C2)C1(C)C. The van der Waals surface area contributed by atoms with Gasteiger partial charge in [0, 0.05) is 18.0 Å². The first-order chi connectivity index (χ1) is 11.3. The maximum atomic E-state index is 12.3. The van der Waals surface area contributed by atoms with E-state index in [1.807, 2.05) is 13.8 Å². The lowest BCUT2D eigenvalue weighted by atomic mass is 10.1. The quantitative estimate of drug-likeness (QED) is 0.619. The van der Waals surface area contributed by atoms with Crippen molar-refractivity contribution in [3.63, 3.8) is 0 Å². The summed E-state index contributed by atoms with van der Waals surface area (Å²) in [6, 6.07) is 2.07. The normalized spacial score (nSPS) is 24.1. The number of thiophene rings is 1. The van der Waals surface area contributed by atoms with Gasteiger partial charge in [0.2, 0.25) is 0 Å². The minimum absolute atomic E-state index is 0.0753. The largest absolute Gasteiger partial charge is 0.455 e. The van der Waals surface area contributed by atoms with Crippen molar-refractivity contribution in [3.05, 3.63) is 33.5 Å². The number of carbonyl (C=O) groups is 2. The Hall–Kier alpha value is -1.62. The number of amides is 1. The highest BCUT2D eigenvalue weighted by Gasteiger charge is 2.61. The van der Waals surface area contributed by atoms with Gasteiger partial charge in [-0.1, -0.05) is 25.5 Å². The molecule has 0 aromatic carbocycles. The van der Waals surface area contributed by atoms with Gasteiger partial charge in [-0.25, -0.2) is 0 Å². The molecular formula is C19H25NO3S. The van der Waals surface area contributed by atoms with Gasteiger partial charge in [-0.15, -0.1) is 11.3 Å². The Kier molecular flexibility index (Phi) is 4.56. The fraction of sp³-hybridized carbons (Fsp3) is 0.579. The lowest BCUT2D eigenvalue weighted by Crippen LogP contribution is -2.38. The highest BCUT2D eigenvalue weighted by molar-refractivity contribution is 7.10. The van der Waals surface area contributed by atoms with Gasteiger partial charge in [0.15, 0.2) is 6.61 Å². The number of nitrogens with zero attached hydrogens (tertiary/aromatic N) is 1. The second-order valence-electron chi connectivity index (χ2n) is 7.61. The molecule has 1 amide bonds. The van der Waals surface area contributed by atoms with Gasteiger partial charge in [-0.05, 0) is 48.6 Å². The van der Waals surface area contributed by atoms with E-state index in [-0.39, 0.29) is 35.7 Å². The van der Waals surface area contributed by atoms with Gasteiger partial charge < -0.3 is 9.64 Å². The summed E-state index contributed by atoms with van der Waals surface area (Å²) in [7, 11) is 0. The van der Waals surface area contributed by atoms with Crippen molar-refractivity contribution >= 4 is 23.2 Å². The molecule has 1 aliphatic heterocycles. The van der Waals surface area contributed by atoms with Gasteiger partial charge in [0.05, 0.1) is 5.92 Å². The van der Waals surface area contributed by atoms with Crippen LogP contribution in [0.15, 0.2) is 23.1 Å². The Morgan fingerprint density at radius 1 is 1.42 bits per heavy atom. The second-order valence-corrected chi connectivity index (χ2v) is 8.61. The van der Waals surface area contributed by atoms with Crippen LogP contribution >= 0.6 is 11.3 Å². The number of ether oxygens (including phenoxy) is 1. The number of hydrogen-bond acceptors (Lipinski definition) is 4. The van der Waals surface area contributed by atoms with Crippen molar-refractivity contribution in [1.29, 1.82) is 0 Å². The Morgan fingerprint density at radius 3 is 2.88 bits per heavy atom. The van der Waals surface area contributed by atoms with E-state index in [9.17, 15) is 9.59 Å². The Labute approximate surface area is 147 Å². The van der Waals surface area contributed by atoms with Crippen LogP contribution in [0.2, 0.25) is 0 Å². The van der Waals surface area contributed by atoms with Crippen molar-refractivity contribution < 1.29 is 14.3 Å². The summed E-state index contributed by atoms with van der Waals surface area (Å²) in [5.41, 5.74) is 2.35. The molecule has 0 saturated heterocycles. The van der Waals surface area contributed by atoms with Crippen LogP contribution in [0.4, 0.5) is 0 Å². The van der Waals surface area contributed by atoms with E-state index in [1.165, 1.54) is 16.0 Å². The van der Waals surface area contributed by atoms with Crippen LogP contribution in [0.5, 0.6) is 0 Å². The van der Waals surface area contributed by atoms with E-state index >= 15 is 0 Å². The Balaban J connectivity index is 1.52. The number of hydrogen-bond donors (Lipinski definition) is 0. The third-order valence-corrected chi connectivity index (χ3v) is 6.20. The molecule has 0 unspecified atom stereocenters. The zero-order valence-corrected chi connectivity index (χ0v) is 15.6. The smallest absolute Gasteiger partial charge is 0.310 e. The summed E-state index contributed by atoms with van der Waals surface area (Å²) >= 11 is 1.75. The molecule has 0 N–H and O–H groups in total. The molecule has 130 valence electrons. The predicted molar refractivity (Wildman–Crippen MR) is 94.6 cm³/mol. The number of carbonyl (C=O) groups excluding carboxylic acids is 2. The minimum atomic E-state index is -0.246. The lowest BCUT2D eigenvalue weighted by molar-refractivity contribution is -0.154. The zero-order chi connectivity index (χ0) is 17.5. The molecule has 0 radical (unpaired) electrons. The van der Waals surface area contributed by atoms with E-state index in [2.05, 4.69) is 31.4 Å². The zero-order valence-electron chi connectivity index (χ0n) is 14.8. The Morgan fingerprint density at radius 2 is 2.17 bits per heavy atom. The average molecular weight is 347 g/mol. The van der Waals surface area contributed by atoms with Crippen LogP contribution in [-0.2, 0) is 27.3 Å². The highest BCUT2D eigenvalue weighted by atomic mass is 32.1. The predicted octanol–water partition coefficient (Wildman–Crippen LogP) is 3.41. The summed E-state index contributed by atoms with van der Waals surface area (Å²) in [6.07, 6.45) is 3.03. The van der Waals surface area contributed by atoms with Crippen molar-refractivity contribution in [1.82, 2.24) is 4.90 Å². The molecule has 4 nitrogen and oxygen atoms in total. The summed E-state index contributed by atoms with van der Waals surface area (Å²) in [4.78, 5) is 27.8. The van der Waals surface area contributed by atoms with Gasteiger partial charge in [-0.2, -0.15) is 0 Å². The molecule has 3 rings (SSSR count). The molecule has 24 heavy (non-hydrogen) atoms. The van der Waals surface area contributed by atoms with Crippen LogP contribution in [0.25, 0.3) is 0 Å². The van der Waals surface area contributed by atoms with E-state index in [4.69, 9.17) is 4.74 Å². The maximum Gasteiger partial charge on any atom is 0.310 e. The van der Waals surface area contributed by atoms with Crippen molar-refractivity contribution in [2.24, 2.45) is 17.3 Å². The fourth-order valence-corrected chi connectivity index (χ4v) is 4.46. The van der Waals surface area contributed by atoms with E-state index < -0.39 is 0 Å². The van der Waals surface area contributed by atoms with E-state index in [0.717, 1.165) is 6.42 Å². The molecule has 1 aromatic heterocycles. The van der Waals surface area contributed by atoms with Crippen molar-refractivity contribution in [2.45, 2.75) is 40.7 Å². The third-order valence-electron chi connectivity index (χ3n) is 5.18. The first-order valence-corrected chi connectivity index (χ1v) is 9.33. The molecule has 2 heterocycles. The lowest BCUT2D eigenvalue weighted by Gasteiger charge is -2.26. The third kappa shape index (κ3) is 3.27. The molecule has 0 spiro atoms. The monoisotopic (exact) mass is 347 g/mol. The molecule has 5 heteroatoms. The van der Waals surface area contributed by atoms with Gasteiger partial charge >= 0.3 is 5.97 Å². The average Bonchev–Trinajstić information content (AvgIpc) is 2.88.